The zero-order valence-corrected chi connectivity index (χ0v) is 14.9. The second-order valence-electron chi connectivity index (χ2n) is 5.68. The van der Waals surface area contributed by atoms with Gasteiger partial charge in [0.25, 0.3) is 0 Å². The van der Waals surface area contributed by atoms with Crippen LogP contribution < -0.4 is 11.1 Å². The third-order valence-electron chi connectivity index (χ3n) is 3.49. The van der Waals surface area contributed by atoms with Crippen molar-refractivity contribution in [1.29, 1.82) is 0 Å². The van der Waals surface area contributed by atoms with Crippen molar-refractivity contribution in [2.24, 2.45) is 7.05 Å². The first kappa shape index (κ1) is 20.1. The SMILES string of the molecule is CCOC(=O)CNC(=O)N(Cc1cc(F)c(N)c(F)c1)Cc1cn(C)nn1. The molecule has 0 saturated carbocycles. The van der Waals surface area contributed by atoms with Gasteiger partial charge in [0.05, 0.1) is 13.2 Å². The second kappa shape index (κ2) is 8.92. The average Bonchev–Trinajstić information content (AvgIpc) is 3.02. The Morgan fingerprint density at radius 1 is 1.30 bits per heavy atom. The number of nitrogens with zero attached hydrogens (tertiary/aromatic N) is 4. The lowest BCUT2D eigenvalue weighted by atomic mass is 10.1. The molecule has 0 atom stereocenters. The van der Waals surface area contributed by atoms with E-state index in [0.29, 0.717) is 5.69 Å². The summed E-state index contributed by atoms with van der Waals surface area (Å²) in [5.74, 6) is -2.44. The number of aromatic nitrogens is 3. The normalized spacial score (nSPS) is 10.5. The van der Waals surface area contributed by atoms with Crippen molar-refractivity contribution in [3.63, 3.8) is 0 Å². The first-order chi connectivity index (χ1) is 12.8. The van der Waals surface area contributed by atoms with Crippen molar-refractivity contribution >= 4 is 17.7 Å². The maximum Gasteiger partial charge on any atom is 0.325 e. The lowest BCUT2D eigenvalue weighted by Gasteiger charge is -2.22. The number of ether oxygens (including phenoxy) is 1. The molecule has 2 aromatic rings. The minimum Gasteiger partial charge on any atom is -0.465 e. The number of carbonyl (C=O) groups is 2. The Balaban J connectivity index is 2.16. The number of benzene rings is 1. The topological polar surface area (TPSA) is 115 Å². The predicted octanol–water partition coefficient (Wildman–Crippen LogP) is 0.950. The van der Waals surface area contributed by atoms with Gasteiger partial charge < -0.3 is 20.7 Å². The van der Waals surface area contributed by atoms with Gasteiger partial charge in [-0.25, -0.2) is 13.6 Å². The van der Waals surface area contributed by atoms with Gasteiger partial charge >= 0.3 is 12.0 Å². The summed E-state index contributed by atoms with van der Waals surface area (Å²) in [4.78, 5) is 25.1. The number of rotatable bonds is 7. The summed E-state index contributed by atoms with van der Waals surface area (Å²) >= 11 is 0. The van der Waals surface area contributed by atoms with Crippen LogP contribution in [0.25, 0.3) is 0 Å². The Morgan fingerprint density at radius 3 is 2.52 bits per heavy atom. The first-order valence-electron chi connectivity index (χ1n) is 8.07. The van der Waals surface area contributed by atoms with Gasteiger partial charge in [-0.15, -0.1) is 5.10 Å². The highest BCUT2D eigenvalue weighted by Crippen LogP contribution is 2.19. The molecule has 146 valence electrons. The van der Waals surface area contributed by atoms with Gasteiger partial charge in [0, 0.05) is 19.8 Å². The number of carbonyl (C=O) groups excluding carboxylic acids is 2. The van der Waals surface area contributed by atoms with E-state index in [4.69, 9.17) is 10.5 Å². The number of aryl methyl sites for hydroxylation is 1. The Labute approximate surface area is 154 Å². The van der Waals surface area contributed by atoms with Crippen molar-refractivity contribution in [3.05, 3.63) is 41.2 Å². The lowest BCUT2D eigenvalue weighted by molar-refractivity contribution is -0.141. The van der Waals surface area contributed by atoms with Gasteiger partial charge in [-0.2, -0.15) is 0 Å². The Kier molecular flexibility index (Phi) is 6.63. The minimum atomic E-state index is -0.920. The molecule has 3 N–H and O–H groups in total. The molecule has 0 fully saturated rings. The van der Waals surface area contributed by atoms with Crippen LogP contribution >= 0.6 is 0 Å². The molecule has 9 nitrogen and oxygen atoms in total. The third kappa shape index (κ3) is 5.62. The van der Waals surface area contributed by atoms with Crippen molar-refractivity contribution in [1.82, 2.24) is 25.2 Å². The van der Waals surface area contributed by atoms with Crippen molar-refractivity contribution < 1.29 is 23.1 Å². The number of hydrogen-bond acceptors (Lipinski definition) is 6. The van der Waals surface area contributed by atoms with E-state index in [1.165, 1.54) is 9.58 Å². The first-order valence-corrected chi connectivity index (χ1v) is 8.07. The van der Waals surface area contributed by atoms with Crippen molar-refractivity contribution in [3.8, 4) is 0 Å². The lowest BCUT2D eigenvalue weighted by Crippen LogP contribution is -2.41. The number of nitrogen functional groups attached to an aromatic ring is 1. The number of esters is 1. The molecular weight excluding hydrogens is 362 g/mol. The molecule has 0 radical (unpaired) electrons. The van der Waals surface area contributed by atoms with Crippen LogP contribution in [0.3, 0.4) is 0 Å². The van der Waals surface area contributed by atoms with E-state index < -0.39 is 29.3 Å². The van der Waals surface area contributed by atoms with E-state index in [0.717, 1.165) is 12.1 Å². The summed E-state index contributed by atoms with van der Waals surface area (Å²) in [6.45, 7) is 1.36. The van der Waals surface area contributed by atoms with E-state index in [1.54, 1.807) is 20.2 Å². The van der Waals surface area contributed by atoms with Crippen molar-refractivity contribution in [2.45, 2.75) is 20.0 Å². The molecule has 1 aromatic carbocycles. The third-order valence-corrected chi connectivity index (χ3v) is 3.49. The maximum absolute atomic E-state index is 13.7. The highest BCUT2D eigenvalue weighted by Gasteiger charge is 2.19. The van der Waals surface area contributed by atoms with E-state index in [9.17, 15) is 18.4 Å². The van der Waals surface area contributed by atoms with Crippen LogP contribution in [0.15, 0.2) is 18.3 Å². The average molecular weight is 382 g/mol. The zero-order valence-electron chi connectivity index (χ0n) is 14.9. The predicted molar refractivity (Wildman–Crippen MR) is 91.1 cm³/mol. The Bertz CT molecular complexity index is 803. The number of nitrogens with two attached hydrogens (primary N) is 1. The summed E-state index contributed by atoms with van der Waals surface area (Å²) in [7, 11) is 1.66. The number of hydrogen-bond donors (Lipinski definition) is 2. The summed E-state index contributed by atoms with van der Waals surface area (Å²) in [6, 6.07) is 1.45. The molecule has 1 heterocycles. The quantitative estimate of drug-likeness (QED) is 0.544. The van der Waals surface area contributed by atoms with Crippen LogP contribution in [0.4, 0.5) is 19.3 Å². The largest absolute Gasteiger partial charge is 0.465 e. The molecule has 11 heteroatoms. The standard InChI is InChI=1S/C16H20F2N6O3/c1-3-27-14(25)6-20-16(26)24(9-11-8-23(2)22-21-11)7-10-4-12(17)15(19)13(18)5-10/h4-5,8H,3,6-7,9,19H2,1-2H3,(H,20,26). The van der Waals surface area contributed by atoms with Crippen LogP contribution in [0, 0.1) is 11.6 Å². The zero-order chi connectivity index (χ0) is 20.0. The fourth-order valence-corrected chi connectivity index (χ4v) is 2.28. The molecule has 0 aliphatic carbocycles. The van der Waals surface area contributed by atoms with Crippen LogP contribution in [0.1, 0.15) is 18.2 Å². The Hall–Kier alpha value is -3.24. The molecule has 0 saturated heterocycles. The van der Waals surface area contributed by atoms with E-state index in [-0.39, 0.29) is 31.8 Å². The molecule has 2 amide bonds. The molecule has 2 rings (SSSR count). The van der Waals surface area contributed by atoms with Crippen LogP contribution in [0.5, 0.6) is 0 Å². The highest BCUT2D eigenvalue weighted by molar-refractivity contribution is 5.80. The maximum atomic E-state index is 13.7. The van der Waals surface area contributed by atoms with Crippen LogP contribution in [-0.4, -0.2) is 45.0 Å². The van der Waals surface area contributed by atoms with Gasteiger partial charge in [-0.05, 0) is 24.6 Å². The number of urea groups is 1. The van der Waals surface area contributed by atoms with E-state index in [2.05, 4.69) is 15.6 Å². The van der Waals surface area contributed by atoms with Gasteiger partial charge in [0.2, 0.25) is 0 Å². The molecule has 0 bridgehead atoms. The fourth-order valence-electron chi connectivity index (χ4n) is 2.28. The number of anilines is 1. The van der Waals surface area contributed by atoms with Gasteiger partial charge in [-0.3, -0.25) is 9.48 Å². The smallest absolute Gasteiger partial charge is 0.325 e. The molecule has 27 heavy (non-hydrogen) atoms. The van der Waals surface area contributed by atoms with Gasteiger partial charge in [0.1, 0.15) is 29.6 Å². The second-order valence-corrected chi connectivity index (χ2v) is 5.68. The van der Waals surface area contributed by atoms with Gasteiger partial charge in [-0.1, -0.05) is 5.21 Å². The Morgan fingerprint density at radius 2 is 1.96 bits per heavy atom. The summed E-state index contributed by atoms with van der Waals surface area (Å²) in [5, 5.41) is 10.1. The molecule has 0 spiro atoms. The van der Waals surface area contributed by atoms with E-state index in [1.807, 2.05) is 0 Å². The number of halogens is 2. The van der Waals surface area contributed by atoms with Crippen LogP contribution in [-0.2, 0) is 29.7 Å². The number of nitrogens with one attached hydrogen (secondary N) is 1. The monoisotopic (exact) mass is 382 g/mol. The summed E-state index contributed by atoms with van der Waals surface area (Å²) < 4.78 is 33.6. The fraction of sp³-hybridized carbons (Fsp3) is 0.375. The molecule has 1 aromatic heterocycles. The van der Waals surface area contributed by atoms with E-state index >= 15 is 0 Å². The summed E-state index contributed by atoms with van der Waals surface area (Å²) in [6.07, 6.45) is 1.59. The number of amides is 2. The minimum absolute atomic E-state index is 0.0100. The molecule has 0 aliphatic rings. The van der Waals surface area contributed by atoms with Gasteiger partial charge in [0.15, 0.2) is 0 Å². The summed E-state index contributed by atoms with van der Waals surface area (Å²) in [5.41, 5.74) is 5.32. The molecular formula is C16H20F2N6O3. The van der Waals surface area contributed by atoms with Crippen molar-refractivity contribution in [2.75, 3.05) is 18.9 Å². The van der Waals surface area contributed by atoms with Crippen LogP contribution in [0.2, 0.25) is 0 Å². The molecule has 0 unspecified atom stereocenters. The highest BCUT2D eigenvalue weighted by atomic mass is 19.1. The molecule has 0 aliphatic heterocycles.